The predicted molar refractivity (Wildman–Crippen MR) is 119 cm³/mol. The number of fused-ring (bicyclic) bond motifs is 2. The minimum Gasteiger partial charge on any atom is -0.350 e. The van der Waals surface area contributed by atoms with Crippen molar-refractivity contribution in [2.24, 2.45) is 0 Å². The lowest BCUT2D eigenvalue weighted by molar-refractivity contribution is 0.177. The Morgan fingerprint density at radius 2 is 1.93 bits per heavy atom. The van der Waals surface area contributed by atoms with Gasteiger partial charge in [0.2, 0.25) is 5.95 Å². The maximum Gasteiger partial charge on any atom is 0.241 e. The molecule has 0 unspecified atom stereocenters. The van der Waals surface area contributed by atoms with Crippen LogP contribution in [0.3, 0.4) is 0 Å². The number of anilines is 1. The second-order valence-electron chi connectivity index (χ2n) is 8.76. The zero-order chi connectivity index (χ0) is 21.0. The van der Waals surface area contributed by atoms with E-state index >= 15 is 0 Å². The topological polar surface area (TPSA) is 76.2 Å². The number of nitrogens with one attached hydrogen (secondary N) is 1. The van der Waals surface area contributed by atoms with Gasteiger partial charge in [-0.2, -0.15) is 0 Å². The molecule has 1 aliphatic rings. The summed E-state index contributed by atoms with van der Waals surface area (Å²) in [6.07, 6.45) is 8.01. The molecule has 0 bridgehead atoms. The van der Waals surface area contributed by atoms with Crippen molar-refractivity contribution in [3.8, 4) is 11.1 Å². The maximum atomic E-state index is 4.67. The Bertz CT molecular complexity index is 1210. The highest BCUT2D eigenvalue weighted by molar-refractivity contribution is 5.85. The highest BCUT2D eigenvalue weighted by Gasteiger charge is 2.31. The third kappa shape index (κ3) is 3.11. The van der Waals surface area contributed by atoms with E-state index < -0.39 is 0 Å². The summed E-state index contributed by atoms with van der Waals surface area (Å²) >= 11 is 0. The van der Waals surface area contributed by atoms with Crippen LogP contribution in [0.15, 0.2) is 30.7 Å². The first kappa shape index (κ1) is 19.0. The van der Waals surface area contributed by atoms with E-state index in [0.29, 0.717) is 24.1 Å². The molecule has 1 N–H and O–H groups in total. The van der Waals surface area contributed by atoms with E-state index in [4.69, 9.17) is 0 Å². The van der Waals surface area contributed by atoms with Gasteiger partial charge in [-0.05, 0) is 59.8 Å². The van der Waals surface area contributed by atoms with Crippen molar-refractivity contribution in [2.45, 2.75) is 51.7 Å². The normalized spacial score (nSPS) is 19.2. The first-order valence-corrected chi connectivity index (χ1v) is 10.5. The molecule has 0 aliphatic heterocycles. The van der Waals surface area contributed by atoms with Gasteiger partial charge in [0.15, 0.2) is 5.65 Å². The Morgan fingerprint density at radius 3 is 2.67 bits per heavy atom. The van der Waals surface area contributed by atoms with Crippen LogP contribution in [0.2, 0.25) is 0 Å². The largest absolute Gasteiger partial charge is 0.350 e. The number of hydrogen-bond donors (Lipinski definition) is 1. The molecule has 1 saturated carbocycles. The van der Waals surface area contributed by atoms with Crippen molar-refractivity contribution in [2.75, 3.05) is 19.4 Å². The predicted octanol–water partition coefficient (Wildman–Crippen LogP) is 3.53. The summed E-state index contributed by atoms with van der Waals surface area (Å²) in [5, 5.41) is 8.13. The Labute approximate surface area is 176 Å². The lowest BCUT2D eigenvalue weighted by Gasteiger charge is -2.39. The first-order valence-electron chi connectivity index (χ1n) is 10.5. The summed E-state index contributed by atoms with van der Waals surface area (Å²) in [6.45, 7) is 6.36. The standard InChI is InChI=1S/C22H28N8/c1-13(2)30-14(3)25-21-19(30)8-15(11-23-21)18-6-7-29-20(18)12-24-22(27-29)26-16-9-17(10-16)28(4)5/h6-8,11-13,16-17H,9-10H2,1-5H3,(H,26,27)/t16-,17+. The van der Waals surface area contributed by atoms with Crippen molar-refractivity contribution in [3.63, 3.8) is 0 Å². The van der Waals surface area contributed by atoms with E-state index in [1.807, 2.05) is 30.0 Å². The van der Waals surface area contributed by atoms with E-state index in [-0.39, 0.29) is 0 Å². The quantitative estimate of drug-likeness (QED) is 0.548. The number of nitrogens with zero attached hydrogens (tertiary/aromatic N) is 7. The summed E-state index contributed by atoms with van der Waals surface area (Å²) in [5.41, 5.74) is 4.92. The molecule has 0 atom stereocenters. The van der Waals surface area contributed by atoms with Crippen molar-refractivity contribution in [1.82, 2.24) is 34.0 Å². The molecule has 0 spiro atoms. The number of rotatable bonds is 5. The van der Waals surface area contributed by atoms with Gasteiger partial charge in [-0.3, -0.25) is 0 Å². The molecule has 156 valence electrons. The Morgan fingerprint density at radius 1 is 1.13 bits per heavy atom. The molecular weight excluding hydrogens is 376 g/mol. The fraction of sp³-hybridized carbons (Fsp3) is 0.455. The average molecular weight is 405 g/mol. The molecule has 5 rings (SSSR count). The van der Waals surface area contributed by atoms with Crippen LogP contribution in [0.1, 0.15) is 38.6 Å². The molecule has 8 nitrogen and oxygen atoms in total. The summed E-state index contributed by atoms with van der Waals surface area (Å²) in [6, 6.07) is 5.66. The molecule has 1 fully saturated rings. The van der Waals surface area contributed by atoms with Crippen molar-refractivity contribution >= 4 is 22.6 Å². The van der Waals surface area contributed by atoms with Crippen LogP contribution in [0, 0.1) is 6.92 Å². The average Bonchev–Trinajstić information content (AvgIpc) is 3.22. The Kier molecular flexibility index (Phi) is 4.47. The minimum atomic E-state index is 0.327. The molecule has 30 heavy (non-hydrogen) atoms. The van der Waals surface area contributed by atoms with E-state index in [1.165, 1.54) is 0 Å². The summed E-state index contributed by atoms with van der Waals surface area (Å²) in [5.74, 6) is 1.66. The van der Waals surface area contributed by atoms with Gasteiger partial charge in [-0.25, -0.2) is 19.5 Å². The van der Waals surface area contributed by atoms with Crippen LogP contribution in [-0.2, 0) is 0 Å². The fourth-order valence-electron chi connectivity index (χ4n) is 4.41. The summed E-state index contributed by atoms with van der Waals surface area (Å²) in [7, 11) is 4.26. The zero-order valence-electron chi connectivity index (χ0n) is 18.2. The smallest absolute Gasteiger partial charge is 0.241 e. The van der Waals surface area contributed by atoms with E-state index in [2.05, 4.69) is 74.9 Å². The number of imidazole rings is 1. The minimum absolute atomic E-state index is 0.327. The van der Waals surface area contributed by atoms with Crippen molar-refractivity contribution in [1.29, 1.82) is 0 Å². The second kappa shape index (κ2) is 7.05. The van der Waals surface area contributed by atoms with Crippen molar-refractivity contribution in [3.05, 3.63) is 36.5 Å². The SMILES string of the molecule is Cc1nc2ncc(-c3ccn4nc(N[C@H]5C[C@@H](N(C)C)C5)ncc34)cc2n1C(C)C. The van der Waals surface area contributed by atoms with Crippen LogP contribution < -0.4 is 5.32 Å². The van der Waals surface area contributed by atoms with Crippen LogP contribution in [-0.4, -0.2) is 60.2 Å². The van der Waals surface area contributed by atoms with Crippen LogP contribution in [0.25, 0.3) is 27.8 Å². The lowest BCUT2D eigenvalue weighted by Crippen LogP contribution is -2.47. The summed E-state index contributed by atoms with van der Waals surface area (Å²) < 4.78 is 4.12. The third-order valence-corrected chi connectivity index (χ3v) is 6.14. The lowest BCUT2D eigenvalue weighted by atomic mass is 9.86. The van der Waals surface area contributed by atoms with Gasteiger partial charge in [-0.1, -0.05) is 0 Å². The van der Waals surface area contributed by atoms with Gasteiger partial charge in [-0.15, -0.1) is 5.10 Å². The molecule has 0 aromatic carbocycles. The second-order valence-corrected chi connectivity index (χ2v) is 8.76. The van der Waals surface area contributed by atoms with Gasteiger partial charge in [0.05, 0.1) is 17.2 Å². The molecule has 0 radical (unpaired) electrons. The maximum absolute atomic E-state index is 4.67. The third-order valence-electron chi connectivity index (χ3n) is 6.14. The van der Waals surface area contributed by atoms with Crippen LogP contribution in [0.5, 0.6) is 0 Å². The van der Waals surface area contributed by atoms with Gasteiger partial charge >= 0.3 is 0 Å². The van der Waals surface area contributed by atoms with Crippen LogP contribution >= 0.6 is 0 Å². The van der Waals surface area contributed by atoms with Crippen LogP contribution in [0.4, 0.5) is 5.95 Å². The Balaban J connectivity index is 1.45. The molecule has 4 aromatic rings. The molecule has 4 heterocycles. The molecule has 0 amide bonds. The molecule has 4 aromatic heterocycles. The molecule has 0 saturated heterocycles. The van der Waals surface area contributed by atoms with Gasteiger partial charge in [0, 0.05) is 41.6 Å². The number of aryl methyl sites for hydroxylation is 1. The highest BCUT2D eigenvalue weighted by Crippen LogP contribution is 2.30. The number of aromatic nitrogens is 6. The zero-order valence-corrected chi connectivity index (χ0v) is 18.2. The molecule has 8 heteroatoms. The van der Waals surface area contributed by atoms with Crippen molar-refractivity contribution < 1.29 is 0 Å². The Hall–Kier alpha value is -3.00. The fourth-order valence-corrected chi connectivity index (χ4v) is 4.41. The number of pyridine rings is 1. The summed E-state index contributed by atoms with van der Waals surface area (Å²) in [4.78, 5) is 16.1. The number of hydrogen-bond acceptors (Lipinski definition) is 6. The molecular formula is C22H28N8. The van der Waals surface area contributed by atoms with Gasteiger partial charge in [0.25, 0.3) is 0 Å². The van der Waals surface area contributed by atoms with Gasteiger partial charge < -0.3 is 14.8 Å². The van der Waals surface area contributed by atoms with Gasteiger partial charge in [0.1, 0.15) is 5.82 Å². The monoisotopic (exact) mass is 404 g/mol. The first-order chi connectivity index (χ1) is 14.4. The molecule has 1 aliphatic carbocycles. The van der Waals surface area contributed by atoms with E-state index in [1.54, 1.807) is 0 Å². The highest BCUT2D eigenvalue weighted by atomic mass is 15.3. The van der Waals surface area contributed by atoms with E-state index in [0.717, 1.165) is 46.5 Å². The van der Waals surface area contributed by atoms with E-state index in [9.17, 15) is 0 Å².